The molecule has 0 radical (unpaired) electrons. The molecular formula is C14H17N3O3S. The number of aromatic nitrogens is 1. The van der Waals surface area contributed by atoms with E-state index in [2.05, 4.69) is 4.98 Å². The average molecular weight is 307 g/mol. The fraction of sp³-hybridized carbons (Fsp3) is 0.357. The van der Waals surface area contributed by atoms with Crippen LogP contribution in [-0.4, -0.2) is 36.5 Å². The third kappa shape index (κ3) is 3.25. The van der Waals surface area contributed by atoms with Gasteiger partial charge in [0.25, 0.3) is 0 Å². The van der Waals surface area contributed by atoms with Crippen molar-refractivity contribution in [2.24, 2.45) is 11.1 Å². The van der Waals surface area contributed by atoms with E-state index < -0.39 is 10.0 Å². The van der Waals surface area contributed by atoms with E-state index in [9.17, 15) is 13.2 Å². The number of hydrogen-bond donors (Lipinski definition) is 2. The zero-order chi connectivity index (χ0) is 15.0. The quantitative estimate of drug-likeness (QED) is 0.874. The van der Waals surface area contributed by atoms with Crippen LogP contribution in [0.4, 0.5) is 0 Å². The number of para-hydroxylation sites is 1. The summed E-state index contributed by atoms with van der Waals surface area (Å²) in [6, 6.07) is 9.91. The summed E-state index contributed by atoms with van der Waals surface area (Å²) in [5, 5.41) is 6.14. The smallest absolute Gasteiger partial charge is 0.223 e. The van der Waals surface area contributed by atoms with E-state index in [1.165, 1.54) is 0 Å². The molecule has 3 rings (SSSR count). The molecule has 1 fully saturated rings. The van der Waals surface area contributed by atoms with Crippen molar-refractivity contribution in [2.75, 3.05) is 12.3 Å². The van der Waals surface area contributed by atoms with Gasteiger partial charge in [0.05, 0.1) is 12.3 Å². The van der Waals surface area contributed by atoms with Gasteiger partial charge in [0.2, 0.25) is 15.9 Å². The first kappa shape index (κ1) is 14.1. The second-order valence-corrected chi connectivity index (χ2v) is 7.21. The van der Waals surface area contributed by atoms with Crippen LogP contribution in [0.5, 0.6) is 0 Å². The van der Waals surface area contributed by atoms with Crippen LogP contribution in [0, 0.1) is 5.92 Å². The van der Waals surface area contributed by atoms with Crippen molar-refractivity contribution >= 4 is 26.8 Å². The van der Waals surface area contributed by atoms with Crippen molar-refractivity contribution in [3.63, 3.8) is 0 Å². The molecule has 0 bridgehead atoms. The van der Waals surface area contributed by atoms with Crippen LogP contribution in [-0.2, 0) is 21.4 Å². The van der Waals surface area contributed by atoms with Gasteiger partial charge in [-0.25, -0.2) is 13.6 Å². The predicted octanol–water partition coefficient (Wildman–Crippen LogP) is 0.805. The van der Waals surface area contributed by atoms with Gasteiger partial charge < -0.3 is 9.88 Å². The molecule has 1 aromatic heterocycles. The number of aromatic amines is 1. The van der Waals surface area contributed by atoms with Crippen LogP contribution < -0.4 is 5.14 Å². The number of rotatable bonds is 4. The average Bonchev–Trinajstić information content (AvgIpc) is 2.91. The number of amides is 1. The van der Waals surface area contributed by atoms with Crippen molar-refractivity contribution in [3.05, 3.63) is 36.0 Å². The summed E-state index contributed by atoms with van der Waals surface area (Å²) in [6.07, 6.45) is 0.247. The molecule has 0 aliphatic carbocycles. The summed E-state index contributed by atoms with van der Waals surface area (Å²) >= 11 is 0. The third-order valence-electron chi connectivity index (χ3n) is 3.71. The molecule has 3 N–H and O–H groups in total. The summed E-state index contributed by atoms with van der Waals surface area (Å²) in [7, 11) is -3.53. The van der Waals surface area contributed by atoms with Gasteiger partial charge in [-0.1, -0.05) is 18.2 Å². The Morgan fingerprint density at radius 3 is 2.81 bits per heavy atom. The molecule has 21 heavy (non-hydrogen) atoms. The number of sulfonamides is 1. The van der Waals surface area contributed by atoms with Gasteiger partial charge in [-0.2, -0.15) is 0 Å². The monoisotopic (exact) mass is 307 g/mol. The van der Waals surface area contributed by atoms with E-state index >= 15 is 0 Å². The number of nitrogens with two attached hydrogens (primary N) is 1. The van der Waals surface area contributed by atoms with E-state index in [1.807, 2.05) is 30.3 Å². The number of benzene rings is 1. The molecule has 2 heterocycles. The Morgan fingerprint density at radius 1 is 1.33 bits per heavy atom. The van der Waals surface area contributed by atoms with Gasteiger partial charge in [0, 0.05) is 30.1 Å². The first-order chi connectivity index (χ1) is 9.90. The molecule has 7 heteroatoms. The fourth-order valence-corrected chi connectivity index (χ4v) is 3.75. The van der Waals surface area contributed by atoms with Crippen LogP contribution in [0.3, 0.4) is 0 Å². The highest BCUT2D eigenvalue weighted by molar-refractivity contribution is 7.89. The number of hydrogen-bond acceptors (Lipinski definition) is 3. The van der Waals surface area contributed by atoms with Crippen LogP contribution in [0.1, 0.15) is 12.1 Å². The highest BCUT2D eigenvalue weighted by Crippen LogP contribution is 2.22. The zero-order valence-electron chi connectivity index (χ0n) is 11.5. The SMILES string of the molecule is NS(=O)(=O)CC1CC(=O)N(Cc2cc3ccccc3[nH]2)C1. The molecular weight excluding hydrogens is 290 g/mol. The van der Waals surface area contributed by atoms with Gasteiger partial charge >= 0.3 is 0 Å². The topological polar surface area (TPSA) is 96.3 Å². The molecule has 1 saturated heterocycles. The minimum Gasteiger partial charge on any atom is -0.357 e. The van der Waals surface area contributed by atoms with E-state index in [-0.39, 0.29) is 24.0 Å². The lowest BCUT2D eigenvalue weighted by molar-refractivity contribution is -0.128. The molecule has 0 saturated carbocycles. The Bertz CT molecular complexity index is 749. The summed E-state index contributed by atoms with van der Waals surface area (Å²) in [5.41, 5.74) is 1.97. The Morgan fingerprint density at radius 2 is 2.10 bits per heavy atom. The highest BCUT2D eigenvalue weighted by Gasteiger charge is 2.32. The van der Waals surface area contributed by atoms with Crippen molar-refractivity contribution in [1.82, 2.24) is 9.88 Å². The predicted molar refractivity (Wildman–Crippen MR) is 79.8 cm³/mol. The first-order valence-electron chi connectivity index (χ1n) is 6.75. The normalized spacial score (nSPS) is 19.6. The minimum absolute atomic E-state index is 0.0256. The zero-order valence-corrected chi connectivity index (χ0v) is 12.3. The van der Waals surface area contributed by atoms with Crippen molar-refractivity contribution < 1.29 is 13.2 Å². The first-order valence-corrected chi connectivity index (χ1v) is 8.47. The lowest BCUT2D eigenvalue weighted by Crippen LogP contribution is -2.27. The van der Waals surface area contributed by atoms with E-state index in [0.29, 0.717) is 13.1 Å². The van der Waals surface area contributed by atoms with Crippen molar-refractivity contribution in [2.45, 2.75) is 13.0 Å². The van der Waals surface area contributed by atoms with Gasteiger partial charge in [0.1, 0.15) is 0 Å². The van der Waals surface area contributed by atoms with Crippen LogP contribution in [0.25, 0.3) is 10.9 Å². The van der Waals surface area contributed by atoms with Gasteiger partial charge in [-0.15, -0.1) is 0 Å². The number of likely N-dealkylation sites (tertiary alicyclic amines) is 1. The van der Waals surface area contributed by atoms with Crippen LogP contribution >= 0.6 is 0 Å². The lowest BCUT2D eigenvalue weighted by atomic mass is 10.1. The lowest BCUT2D eigenvalue weighted by Gasteiger charge is -2.15. The van der Waals surface area contributed by atoms with Crippen LogP contribution in [0.2, 0.25) is 0 Å². The number of carbonyl (C=O) groups excluding carboxylic acids is 1. The number of fused-ring (bicyclic) bond motifs is 1. The Labute approximate surface area is 123 Å². The second kappa shape index (κ2) is 5.16. The summed E-state index contributed by atoms with van der Waals surface area (Å²) < 4.78 is 22.2. The molecule has 0 spiro atoms. The molecule has 1 aromatic carbocycles. The molecule has 6 nitrogen and oxygen atoms in total. The third-order valence-corrected chi connectivity index (χ3v) is 4.65. The Kier molecular flexibility index (Phi) is 3.46. The van der Waals surface area contributed by atoms with Crippen molar-refractivity contribution in [1.29, 1.82) is 0 Å². The van der Waals surface area contributed by atoms with Gasteiger partial charge in [0.15, 0.2) is 0 Å². The molecule has 1 amide bonds. The summed E-state index contributed by atoms with van der Waals surface area (Å²) in [4.78, 5) is 16.9. The van der Waals surface area contributed by atoms with Crippen molar-refractivity contribution in [3.8, 4) is 0 Å². The number of nitrogens with zero attached hydrogens (tertiary/aromatic N) is 1. The summed E-state index contributed by atoms with van der Waals surface area (Å²) in [6.45, 7) is 0.902. The van der Waals surface area contributed by atoms with E-state index in [0.717, 1.165) is 16.6 Å². The number of nitrogens with one attached hydrogen (secondary N) is 1. The second-order valence-electron chi connectivity index (χ2n) is 5.56. The molecule has 2 aromatic rings. The summed E-state index contributed by atoms with van der Waals surface area (Å²) in [5.74, 6) is -0.374. The Balaban J connectivity index is 1.71. The molecule has 1 aliphatic heterocycles. The maximum absolute atomic E-state index is 12.0. The maximum Gasteiger partial charge on any atom is 0.223 e. The van der Waals surface area contributed by atoms with Gasteiger partial charge in [-0.3, -0.25) is 4.79 Å². The standard InChI is InChI=1S/C14H17N3O3S/c15-21(19,20)9-10-5-14(18)17(7-10)8-12-6-11-3-1-2-4-13(11)16-12/h1-4,6,10,16H,5,7-9H2,(H2,15,19,20). The minimum atomic E-state index is -3.53. The maximum atomic E-state index is 12.0. The molecule has 1 aliphatic rings. The number of primary sulfonamides is 1. The molecule has 112 valence electrons. The fourth-order valence-electron chi connectivity index (χ4n) is 2.87. The number of H-pyrrole nitrogens is 1. The Hall–Kier alpha value is -1.86. The highest BCUT2D eigenvalue weighted by atomic mass is 32.2. The molecule has 1 unspecified atom stereocenters. The molecule has 1 atom stereocenters. The van der Waals surface area contributed by atoms with E-state index in [4.69, 9.17) is 5.14 Å². The van der Waals surface area contributed by atoms with E-state index in [1.54, 1.807) is 4.90 Å². The van der Waals surface area contributed by atoms with Crippen LogP contribution in [0.15, 0.2) is 30.3 Å². The largest absolute Gasteiger partial charge is 0.357 e. The number of carbonyl (C=O) groups is 1. The van der Waals surface area contributed by atoms with Gasteiger partial charge in [-0.05, 0) is 17.5 Å².